The first-order chi connectivity index (χ1) is 16.9. The number of ether oxygens (including phenoxy) is 2. The molecule has 0 unspecified atom stereocenters. The first-order valence-corrected chi connectivity index (χ1v) is 12.5. The van der Waals surface area contributed by atoms with Gasteiger partial charge in [-0.2, -0.15) is 0 Å². The first-order valence-electron chi connectivity index (χ1n) is 10.9. The fraction of sp³-hybridized carbons (Fsp3) is 0.250. The number of hydrogen-bond acceptors (Lipinski definition) is 7. The number of unbranched alkanes of at least 4 members (excludes halogenated alkanes) is 2. The second kappa shape index (κ2) is 11.6. The van der Waals surface area contributed by atoms with Gasteiger partial charge in [0.1, 0.15) is 4.32 Å². The number of hydrogen-bond donors (Lipinski definition) is 2. The number of carbonyl (C=O) groups excluding carboxylic acids is 3. The predicted octanol–water partition coefficient (Wildman–Crippen LogP) is 4.29. The Bertz CT molecular complexity index is 1200. The molecule has 0 bridgehead atoms. The van der Waals surface area contributed by atoms with E-state index in [1.807, 2.05) is 18.2 Å². The maximum atomic E-state index is 12.8. The number of halogens is 1. The number of thiocarbonyl (C=S) groups is 1. The zero-order valence-corrected chi connectivity index (χ0v) is 20.9. The third-order valence-electron chi connectivity index (χ3n) is 5.26. The molecule has 1 fully saturated rings. The SMILES string of the molecule is O=C(CCCCCN1C(=O)C(=Cc2ccc3c(c2)OCO3)SC1=S)NNC(=O)c1cccc(Cl)c1. The highest BCUT2D eigenvalue weighted by molar-refractivity contribution is 8.26. The van der Waals surface area contributed by atoms with Gasteiger partial charge in [0.15, 0.2) is 11.5 Å². The number of benzene rings is 2. The summed E-state index contributed by atoms with van der Waals surface area (Å²) >= 11 is 12.5. The fourth-order valence-electron chi connectivity index (χ4n) is 3.47. The number of hydrazine groups is 1. The average Bonchev–Trinajstić information content (AvgIpc) is 3.41. The molecule has 182 valence electrons. The molecule has 4 rings (SSSR count). The van der Waals surface area contributed by atoms with Crippen LogP contribution in [-0.4, -0.2) is 40.3 Å². The maximum Gasteiger partial charge on any atom is 0.269 e. The third-order valence-corrected chi connectivity index (χ3v) is 6.87. The Kier molecular flexibility index (Phi) is 8.27. The second-order valence-electron chi connectivity index (χ2n) is 7.77. The summed E-state index contributed by atoms with van der Waals surface area (Å²) in [4.78, 5) is 39.0. The molecular weight excluding hydrogens is 510 g/mol. The number of nitrogens with zero attached hydrogens (tertiary/aromatic N) is 1. The van der Waals surface area contributed by atoms with E-state index in [2.05, 4.69) is 10.9 Å². The van der Waals surface area contributed by atoms with Crippen molar-refractivity contribution in [3.05, 3.63) is 63.5 Å². The summed E-state index contributed by atoms with van der Waals surface area (Å²) < 4.78 is 11.2. The van der Waals surface area contributed by atoms with Gasteiger partial charge in [0.25, 0.3) is 11.8 Å². The Hall–Kier alpha value is -3.08. The van der Waals surface area contributed by atoms with Gasteiger partial charge in [0.05, 0.1) is 4.91 Å². The molecule has 11 heteroatoms. The predicted molar refractivity (Wildman–Crippen MR) is 138 cm³/mol. The van der Waals surface area contributed by atoms with Crippen LogP contribution in [0.15, 0.2) is 47.4 Å². The molecule has 2 aromatic rings. The fourth-order valence-corrected chi connectivity index (χ4v) is 4.97. The third kappa shape index (κ3) is 6.53. The van der Waals surface area contributed by atoms with Crippen molar-refractivity contribution < 1.29 is 23.9 Å². The molecule has 8 nitrogen and oxygen atoms in total. The van der Waals surface area contributed by atoms with Gasteiger partial charge < -0.3 is 9.47 Å². The van der Waals surface area contributed by atoms with E-state index in [-0.39, 0.29) is 25.0 Å². The molecule has 2 aliphatic rings. The van der Waals surface area contributed by atoms with E-state index < -0.39 is 5.91 Å². The smallest absolute Gasteiger partial charge is 0.269 e. The Labute approximate surface area is 216 Å². The van der Waals surface area contributed by atoms with Crippen molar-refractivity contribution in [3.63, 3.8) is 0 Å². The summed E-state index contributed by atoms with van der Waals surface area (Å²) in [7, 11) is 0. The Morgan fingerprint density at radius 2 is 1.91 bits per heavy atom. The zero-order chi connectivity index (χ0) is 24.8. The molecule has 35 heavy (non-hydrogen) atoms. The quantitative estimate of drug-likeness (QED) is 0.227. The van der Waals surface area contributed by atoms with Crippen LogP contribution < -0.4 is 20.3 Å². The number of nitrogens with one attached hydrogen (secondary N) is 2. The minimum atomic E-state index is -0.441. The van der Waals surface area contributed by atoms with E-state index in [0.717, 1.165) is 12.0 Å². The van der Waals surface area contributed by atoms with Crippen molar-refractivity contribution in [1.82, 2.24) is 15.8 Å². The van der Waals surface area contributed by atoms with Crippen LogP contribution in [0.3, 0.4) is 0 Å². The molecule has 0 spiro atoms. The van der Waals surface area contributed by atoms with E-state index in [4.69, 9.17) is 33.3 Å². The highest BCUT2D eigenvalue weighted by Gasteiger charge is 2.31. The van der Waals surface area contributed by atoms with Crippen LogP contribution in [0.5, 0.6) is 11.5 Å². The van der Waals surface area contributed by atoms with Crippen LogP contribution in [0.2, 0.25) is 5.02 Å². The summed E-state index contributed by atoms with van der Waals surface area (Å²) in [6, 6.07) is 11.9. The monoisotopic (exact) mass is 531 g/mol. The Morgan fingerprint density at radius 3 is 2.74 bits per heavy atom. The van der Waals surface area contributed by atoms with Gasteiger partial charge in [-0.3, -0.25) is 30.1 Å². The number of amides is 3. The van der Waals surface area contributed by atoms with Crippen LogP contribution in [0.1, 0.15) is 41.6 Å². The lowest BCUT2D eigenvalue weighted by atomic mass is 10.1. The van der Waals surface area contributed by atoms with Crippen molar-refractivity contribution in [1.29, 1.82) is 0 Å². The van der Waals surface area contributed by atoms with E-state index in [1.54, 1.807) is 29.2 Å². The minimum absolute atomic E-state index is 0.126. The minimum Gasteiger partial charge on any atom is -0.454 e. The van der Waals surface area contributed by atoms with Gasteiger partial charge in [-0.15, -0.1) is 0 Å². The first kappa shape index (κ1) is 25.0. The molecule has 3 amide bonds. The molecule has 2 N–H and O–H groups in total. The molecule has 0 saturated carbocycles. The van der Waals surface area contributed by atoms with Crippen LogP contribution >= 0.6 is 35.6 Å². The van der Waals surface area contributed by atoms with Gasteiger partial charge in [-0.05, 0) is 54.8 Å². The highest BCUT2D eigenvalue weighted by atomic mass is 35.5. The van der Waals surface area contributed by atoms with E-state index in [9.17, 15) is 14.4 Å². The second-order valence-corrected chi connectivity index (χ2v) is 9.88. The van der Waals surface area contributed by atoms with Crippen molar-refractivity contribution in [3.8, 4) is 11.5 Å². The van der Waals surface area contributed by atoms with Crippen LogP contribution in [-0.2, 0) is 9.59 Å². The highest BCUT2D eigenvalue weighted by Crippen LogP contribution is 2.36. The molecular formula is C24H22ClN3O5S2. The summed E-state index contributed by atoms with van der Waals surface area (Å²) in [5.41, 5.74) is 5.96. The van der Waals surface area contributed by atoms with E-state index in [1.165, 1.54) is 17.8 Å². The van der Waals surface area contributed by atoms with Crippen molar-refractivity contribution >= 4 is 63.7 Å². The largest absolute Gasteiger partial charge is 0.454 e. The summed E-state index contributed by atoms with van der Waals surface area (Å²) in [6.07, 6.45) is 4.09. The average molecular weight is 532 g/mol. The lowest BCUT2D eigenvalue weighted by molar-refractivity contribution is -0.123. The van der Waals surface area contributed by atoms with Gasteiger partial charge in [-0.1, -0.05) is 54.1 Å². The molecule has 2 heterocycles. The molecule has 2 aromatic carbocycles. The molecule has 2 aliphatic heterocycles. The Morgan fingerprint density at radius 1 is 1.09 bits per heavy atom. The van der Waals surface area contributed by atoms with Crippen molar-refractivity contribution in [2.45, 2.75) is 25.7 Å². The lowest BCUT2D eigenvalue weighted by Crippen LogP contribution is -2.41. The zero-order valence-electron chi connectivity index (χ0n) is 18.5. The van der Waals surface area contributed by atoms with Crippen LogP contribution in [0.4, 0.5) is 0 Å². The number of rotatable bonds is 8. The summed E-state index contributed by atoms with van der Waals surface area (Å²) in [5, 5.41) is 0.439. The van der Waals surface area contributed by atoms with Crippen molar-refractivity contribution in [2.75, 3.05) is 13.3 Å². The normalized spacial score (nSPS) is 15.6. The molecule has 0 radical (unpaired) electrons. The molecule has 0 aliphatic carbocycles. The molecule has 1 saturated heterocycles. The number of fused-ring (bicyclic) bond motifs is 1. The molecule has 0 aromatic heterocycles. The summed E-state index contributed by atoms with van der Waals surface area (Å²) in [5.74, 6) is 0.481. The van der Waals surface area contributed by atoms with Crippen LogP contribution in [0.25, 0.3) is 6.08 Å². The summed E-state index contributed by atoms with van der Waals surface area (Å²) in [6.45, 7) is 0.677. The van der Waals surface area contributed by atoms with Gasteiger partial charge in [0, 0.05) is 23.6 Å². The number of carbonyl (C=O) groups is 3. The van der Waals surface area contributed by atoms with Gasteiger partial charge >= 0.3 is 0 Å². The maximum absolute atomic E-state index is 12.8. The van der Waals surface area contributed by atoms with E-state index in [0.29, 0.717) is 50.7 Å². The van der Waals surface area contributed by atoms with E-state index >= 15 is 0 Å². The topological polar surface area (TPSA) is 97.0 Å². The lowest BCUT2D eigenvalue weighted by Gasteiger charge is -2.14. The Balaban J connectivity index is 1.17. The van der Waals surface area contributed by atoms with Gasteiger partial charge in [0.2, 0.25) is 12.7 Å². The van der Waals surface area contributed by atoms with Gasteiger partial charge in [-0.25, -0.2) is 0 Å². The standard InChI is InChI=1S/C24H22ClN3O5S2/c25-17-6-4-5-16(13-17)22(30)27-26-21(29)7-2-1-3-10-28-23(31)20(35-24(28)34)12-15-8-9-18-19(11-15)33-14-32-18/h4-6,8-9,11-13H,1-3,7,10,14H2,(H,26,29)(H,27,30). The van der Waals surface area contributed by atoms with Crippen molar-refractivity contribution in [2.24, 2.45) is 0 Å². The van der Waals surface area contributed by atoms with Crippen LogP contribution in [0, 0.1) is 0 Å². The molecule has 0 atom stereocenters. The number of thioether (sulfide) groups is 1.